The molecule has 112 valence electrons. The van der Waals surface area contributed by atoms with E-state index in [0.29, 0.717) is 0 Å². The van der Waals surface area contributed by atoms with Crippen LogP contribution in [0.2, 0.25) is 0 Å². The Morgan fingerprint density at radius 1 is 1.00 bits per heavy atom. The van der Waals surface area contributed by atoms with E-state index in [1.807, 2.05) is 19.1 Å². The number of hydrogen-bond donors (Lipinski definition) is 1. The van der Waals surface area contributed by atoms with Crippen LogP contribution in [0, 0.1) is 6.92 Å². The highest BCUT2D eigenvalue weighted by Gasteiger charge is 2.16. The molecule has 0 saturated heterocycles. The van der Waals surface area contributed by atoms with E-state index in [4.69, 9.17) is 10.5 Å². The van der Waals surface area contributed by atoms with Crippen LogP contribution in [0.1, 0.15) is 43.0 Å². The summed E-state index contributed by atoms with van der Waals surface area (Å²) in [6.45, 7) is 6.28. The van der Waals surface area contributed by atoms with E-state index in [1.165, 1.54) is 11.1 Å². The van der Waals surface area contributed by atoms with E-state index < -0.39 is 0 Å². The molecular formula is C19H25NO. The Hall–Kier alpha value is -1.80. The number of aryl methyl sites for hydroxylation is 2. The number of rotatable bonds is 6. The molecule has 2 aromatic rings. The zero-order valence-electron chi connectivity index (χ0n) is 13.2. The highest BCUT2D eigenvalue weighted by Crippen LogP contribution is 2.21. The van der Waals surface area contributed by atoms with Gasteiger partial charge in [0.1, 0.15) is 11.9 Å². The predicted octanol–water partition coefficient (Wildman–Crippen LogP) is 4.41. The lowest BCUT2D eigenvalue weighted by atomic mass is 10.0. The van der Waals surface area contributed by atoms with Crippen molar-refractivity contribution < 1.29 is 4.74 Å². The third-order valence-electron chi connectivity index (χ3n) is 3.75. The van der Waals surface area contributed by atoms with Crippen LogP contribution in [-0.2, 0) is 6.42 Å². The lowest BCUT2D eigenvalue weighted by Crippen LogP contribution is -2.28. The molecule has 0 saturated carbocycles. The van der Waals surface area contributed by atoms with Gasteiger partial charge in [-0.05, 0) is 43.5 Å². The summed E-state index contributed by atoms with van der Waals surface area (Å²) in [4.78, 5) is 0. The van der Waals surface area contributed by atoms with Gasteiger partial charge in [-0.3, -0.25) is 0 Å². The van der Waals surface area contributed by atoms with Gasteiger partial charge in [0.05, 0.1) is 6.04 Å². The van der Waals surface area contributed by atoms with Gasteiger partial charge < -0.3 is 10.5 Å². The summed E-state index contributed by atoms with van der Waals surface area (Å²) in [6, 6.07) is 16.5. The molecule has 0 fully saturated rings. The van der Waals surface area contributed by atoms with E-state index >= 15 is 0 Å². The molecule has 2 atom stereocenters. The average Bonchev–Trinajstić information content (AvgIpc) is 2.49. The molecule has 2 heteroatoms. The molecule has 0 spiro atoms. The topological polar surface area (TPSA) is 35.2 Å². The van der Waals surface area contributed by atoms with E-state index in [0.717, 1.165) is 24.2 Å². The van der Waals surface area contributed by atoms with Crippen molar-refractivity contribution in [3.8, 4) is 5.75 Å². The zero-order valence-corrected chi connectivity index (χ0v) is 13.2. The van der Waals surface area contributed by atoms with E-state index in [1.54, 1.807) is 0 Å². The van der Waals surface area contributed by atoms with Gasteiger partial charge in [-0.15, -0.1) is 0 Å². The van der Waals surface area contributed by atoms with Crippen molar-refractivity contribution in [2.75, 3.05) is 0 Å². The average molecular weight is 283 g/mol. The first-order valence-electron chi connectivity index (χ1n) is 7.68. The first-order valence-corrected chi connectivity index (χ1v) is 7.68. The Labute approximate surface area is 127 Å². The van der Waals surface area contributed by atoms with Crippen LogP contribution in [0.4, 0.5) is 0 Å². The maximum Gasteiger partial charge on any atom is 0.119 e. The van der Waals surface area contributed by atoms with Gasteiger partial charge in [0.15, 0.2) is 0 Å². The largest absolute Gasteiger partial charge is 0.489 e. The first-order chi connectivity index (χ1) is 10.1. The minimum absolute atomic E-state index is 0.0651. The first kappa shape index (κ1) is 15.6. The molecule has 0 aromatic heterocycles. The van der Waals surface area contributed by atoms with Crippen LogP contribution in [0.5, 0.6) is 5.75 Å². The third-order valence-corrected chi connectivity index (χ3v) is 3.75. The molecule has 0 aliphatic heterocycles. The highest BCUT2D eigenvalue weighted by molar-refractivity contribution is 5.29. The standard InChI is InChI=1S/C19H25NO/c1-4-5-16-8-12-18(13-9-16)21-15(3)19(20)17-10-6-14(2)7-11-17/h6-13,15,19H,4-5,20H2,1-3H3. The second kappa shape index (κ2) is 7.28. The van der Waals surface area contributed by atoms with Crippen molar-refractivity contribution in [1.29, 1.82) is 0 Å². The maximum absolute atomic E-state index is 6.29. The molecule has 0 aliphatic rings. The second-order valence-corrected chi connectivity index (χ2v) is 5.65. The van der Waals surface area contributed by atoms with Gasteiger partial charge >= 0.3 is 0 Å². The van der Waals surface area contributed by atoms with E-state index in [9.17, 15) is 0 Å². The van der Waals surface area contributed by atoms with E-state index in [-0.39, 0.29) is 12.1 Å². The van der Waals surface area contributed by atoms with E-state index in [2.05, 4.69) is 50.2 Å². The summed E-state index contributed by atoms with van der Waals surface area (Å²) < 4.78 is 5.97. The number of benzene rings is 2. The Kier molecular flexibility index (Phi) is 5.40. The van der Waals surface area contributed by atoms with Crippen molar-refractivity contribution >= 4 is 0 Å². The Morgan fingerprint density at radius 2 is 1.62 bits per heavy atom. The molecule has 0 radical (unpaired) electrons. The molecule has 2 aromatic carbocycles. The fourth-order valence-electron chi connectivity index (χ4n) is 2.37. The molecule has 2 nitrogen and oxygen atoms in total. The second-order valence-electron chi connectivity index (χ2n) is 5.65. The van der Waals surface area contributed by atoms with Crippen molar-refractivity contribution in [3.05, 3.63) is 65.2 Å². The molecule has 0 amide bonds. The van der Waals surface area contributed by atoms with Crippen LogP contribution in [0.3, 0.4) is 0 Å². The van der Waals surface area contributed by atoms with Crippen LogP contribution in [0.15, 0.2) is 48.5 Å². The molecule has 2 N–H and O–H groups in total. The van der Waals surface area contributed by atoms with Gasteiger partial charge in [-0.2, -0.15) is 0 Å². The van der Waals surface area contributed by atoms with Gasteiger partial charge in [0, 0.05) is 0 Å². The SMILES string of the molecule is CCCc1ccc(OC(C)C(N)c2ccc(C)cc2)cc1. The minimum atomic E-state index is -0.124. The summed E-state index contributed by atoms with van der Waals surface area (Å²) in [6.07, 6.45) is 2.21. The fraction of sp³-hybridized carbons (Fsp3) is 0.368. The molecule has 0 bridgehead atoms. The lowest BCUT2D eigenvalue weighted by Gasteiger charge is -2.22. The van der Waals surface area contributed by atoms with Gasteiger partial charge in [-0.25, -0.2) is 0 Å². The van der Waals surface area contributed by atoms with Crippen LogP contribution in [-0.4, -0.2) is 6.10 Å². The zero-order chi connectivity index (χ0) is 15.2. The quantitative estimate of drug-likeness (QED) is 0.852. The molecular weight excluding hydrogens is 258 g/mol. The molecule has 2 unspecified atom stereocenters. The molecule has 0 aliphatic carbocycles. The molecule has 21 heavy (non-hydrogen) atoms. The Bertz CT molecular complexity index is 545. The van der Waals surface area contributed by atoms with Crippen molar-refractivity contribution in [3.63, 3.8) is 0 Å². The molecule has 0 heterocycles. The van der Waals surface area contributed by atoms with Crippen molar-refractivity contribution in [1.82, 2.24) is 0 Å². The monoisotopic (exact) mass is 283 g/mol. The third kappa shape index (κ3) is 4.33. The van der Waals surface area contributed by atoms with Crippen LogP contribution < -0.4 is 10.5 Å². The number of ether oxygens (including phenoxy) is 1. The maximum atomic E-state index is 6.29. The normalized spacial score (nSPS) is 13.7. The molecule has 2 rings (SSSR count). The van der Waals surface area contributed by atoms with Gasteiger partial charge in [0.2, 0.25) is 0 Å². The number of hydrogen-bond acceptors (Lipinski definition) is 2. The summed E-state index contributed by atoms with van der Waals surface area (Å²) in [7, 11) is 0. The number of nitrogens with two attached hydrogens (primary N) is 1. The van der Waals surface area contributed by atoms with Crippen molar-refractivity contribution in [2.24, 2.45) is 5.73 Å². The van der Waals surface area contributed by atoms with Gasteiger partial charge in [0.25, 0.3) is 0 Å². The Balaban J connectivity index is 1.99. The van der Waals surface area contributed by atoms with Crippen molar-refractivity contribution in [2.45, 2.75) is 45.8 Å². The smallest absolute Gasteiger partial charge is 0.119 e. The predicted molar refractivity (Wildman–Crippen MR) is 88.6 cm³/mol. The highest BCUT2D eigenvalue weighted by atomic mass is 16.5. The Morgan fingerprint density at radius 3 is 2.19 bits per heavy atom. The fourth-order valence-corrected chi connectivity index (χ4v) is 2.37. The van der Waals surface area contributed by atoms with Crippen LogP contribution >= 0.6 is 0 Å². The summed E-state index contributed by atoms with van der Waals surface area (Å²) >= 11 is 0. The summed E-state index contributed by atoms with van der Waals surface area (Å²) in [5, 5.41) is 0. The van der Waals surface area contributed by atoms with Gasteiger partial charge in [-0.1, -0.05) is 55.3 Å². The minimum Gasteiger partial charge on any atom is -0.489 e. The lowest BCUT2D eigenvalue weighted by molar-refractivity contribution is 0.190. The summed E-state index contributed by atoms with van der Waals surface area (Å²) in [5.41, 5.74) is 9.99. The summed E-state index contributed by atoms with van der Waals surface area (Å²) in [5.74, 6) is 0.880. The van der Waals surface area contributed by atoms with Crippen LogP contribution in [0.25, 0.3) is 0 Å².